The highest BCUT2D eigenvalue weighted by atomic mass is 16.5. The molecule has 0 aromatic heterocycles. The van der Waals surface area contributed by atoms with Crippen molar-refractivity contribution in [2.45, 2.75) is 38.6 Å². The second-order valence-corrected chi connectivity index (χ2v) is 2.78. The SMILES string of the molecule is CC.COCC1CC(O)C(O)CO1. The van der Waals surface area contributed by atoms with Crippen molar-refractivity contribution in [1.29, 1.82) is 0 Å². The number of aliphatic hydroxyl groups excluding tert-OH is 2. The molecule has 0 aromatic rings. The summed E-state index contributed by atoms with van der Waals surface area (Å²) in [5.74, 6) is 0. The molecule has 0 spiro atoms. The third-order valence-electron chi connectivity index (χ3n) is 1.80. The summed E-state index contributed by atoms with van der Waals surface area (Å²) in [5.41, 5.74) is 0. The molecule has 4 nitrogen and oxygen atoms in total. The predicted octanol–water partition coefficient (Wildman–Crippen LogP) is 0.170. The van der Waals surface area contributed by atoms with Crippen LogP contribution in [0.15, 0.2) is 0 Å². The quantitative estimate of drug-likeness (QED) is 0.655. The van der Waals surface area contributed by atoms with E-state index < -0.39 is 12.2 Å². The molecule has 1 aliphatic rings. The molecule has 3 atom stereocenters. The summed E-state index contributed by atoms with van der Waals surface area (Å²) in [7, 11) is 1.58. The van der Waals surface area contributed by atoms with Gasteiger partial charge in [0.1, 0.15) is 6.10 Å². The van der Waals surface area contributed by atoms with Crippen molar-refractivity contribution in [1.82, 2.24) is 0 Å². The fraction of sp³-hybridized carbons (Fsp3) is 1.00. The van der Waals surface area contributed by atoms with Crippen LogP contribution in [0.5, 0.6) is 0 Å². The number of methoxy groups -OCH3 is 1. The van der Waals surface area contributed by atoms with Gasteiger partial charge in [-0.1, -0.05) is 13.8 Å². The molecule has 4 heteroatoms. The van der Waals surface area contributed by atoms with Crippen LogP contribution in [0.1, 0.15) is 20.3 Å². The van der Waals surface area contributed by atoms with Gasteiger partial charge >= 0.3 is 0 Å². The van der Waals surface area contributed by atoms with Crippen molar-refractivity contribution < 1.29 is 19.7 Å². The van der Waals surface area contributed by atoms with Crippen molar-refractivity contribution in [3.05, 3.63) is 0 Å². The summed E-state index contributed by atoms with van der Waals surface area (Å²) >= 11 is 0. The Morgan fingerprint density at radius 2 is 1.92 bits per heavy atom. The highest BCUT2D eigenvalue weighted by Crippen LogP contribution is 2.14. The second-order valence-electron chi connectivity index (χ2n) is 2.78. The molecule has 1 rings (SSSR count). The first-order valence-corrected chi connectivity index (χ1v) is 4.70. The molecule has 0 aromatic carbocycles. The maximum atomic E-state index is 9.19. The van der Waals surface area contributed by atoms with E-state index in [1.54, 1.807) is 7.11 Å². The number of hydrogen-bond donors (Lipinski definition) is 2. The zero-order valence-electron chi connectivity index (χ0n) is 8.56. The topological polar surface area (TPSA) is 58.9 Å². The lowest BCUT2D eigenvalue weighted by atomic mass is 10.0. The van der Waals surface area contributed by atoms with Crippen LogP contribution in [-0.2, 0) is 9.47 Å². The molecule has 1 aliphatic heterocycles. The minimum Gasteiger partial charge on any atom is -0.390 e. The first kappa shape index (κ1) is 12.8. The van der Waals surface area contributed by atoms with Crippen molar-refractivity contribution in [2.24, 2.45) is 0 Å². The lowest BCUT2D eigenvalue weighted by Gasteiger charge is -2.29. The van der Waals surface area contributed by atoms with E-state index in [0.29, 0.717) is 13.0 Å². The first-order valence-electron chi connectivity index (χ1n) is 4.70. The standard InChI is InChI=1S/C7H14O4.C2H6/c1-10-3-5-2-6(8)7(9)4-11-5;1-2/h5-9H,2-4H2,1H3;1-2H3. The Hall–Kier alpha value is -0.160. The molecular weight excluding hydrogens is 172 g/mol. The molecule has 1 fully saturated rings. The number of rotatable bonds is 2. The van der Waals surface area contributed by atoms with Gasteiger partial charge in [0.15, 0.2) is 0 Å². The summed E-state index contributed by atoms with van der Waals surface area (Å²) in [4.78, 5) is 0. The lowest BCUT2D eigenvalue weighted by molar-refractivity contribution is -0.134. The molecule has 0 radical (unpaired) electrons. The molecule has 0 aliphatic carbocycles. The van der Waals surface area contributed by atoms with Gasteiger partial charge in [0.25, 0.3) is 0 Å². The van der Waals surface area contributed by atoms with Crippen LogP contribution in [-0.4, -0.2) is 48.8 Å². The van der Waals surface area contributed by atoms with Crippen LogP contribution in [0.4, 0.5) is 0 Å². The van der Waals surface area contributed by atoms with Gasteiger partial charge in [-0.2, -0.15) is 0 Å². The Morgan fingerprint density at radius 3 is 2.38 bits per heavy atom. The number of ether oxygens (including phenoxy) is 2. The van der Waals surface area contributed by atoms with E-state index in [9.17, 15) is 5.11 Å². The first-order chi connectivity index (χ1) is 6.24. The molecule has 13 heavy (non-hydrogen) atoms. The Kier molecular flexibility index (Phi) is 7.17. The van der Waals surface area contributed by atoms with Crippen molar-refractivity contribution in [3.63, 3.8) is 0 Å². The zero-order chi connectivity index (χ0) is 10.3. The number of aliphatic hydroxyl groups is 2. The summed E-state index contributed by atoms with van der Waals surface area (Å²) in [6.45, 7) is 4.68. The van der Waals surface area contributed by atoms with Crippen LogP contribution in [0.2, 0.25) is 0 Å². The Balaban J connectivity index is 0.000000671. The van der Waals surface area contributed by atoms with E-state index in [-0.39, 0.29) is 12.7 Å². The van der Waals surface area contributed by atoms with E-state index >= 15 is 0 Å². The predicted molar refractivity (Wildman–Crippen MR) is 49.6 cm³/mol. The highest BCUT2D eigenvalue weighted by Gasteiger charge is 2.27. The van der Waals surface area contributed by atoms with Gasteiger partial charge in [0.05, 0.1) is 25.4 Å². The highest BCUT2D eigenvalue weighted by molar-refractivity contribution is 4.77. The Morgan fingerprint density at radius 1 is 1.31 bits per heavy atom. The molecule has 2 N–H and O–H groups in total. The second kappa shape index (κ2) is 7.26. The fourth-order valence-electron chi connectivity index (χ4n) is 1.14. The molecule has 1 heterocycles. The van der Waals surface area contributed by atoms with E-state index in [0.717, 1.165) is 0 Å². The molecule has 1 saturated heterocycles. The number of hydrogen-bond acceptors (Lipinski definition) is 4. The minimum absolute atomic E-state index is 0.0709. The van der Waals surface area contributed by atoms with Crippen LogP contribution < -0.4 is 0 Å². The van der Waals surface area contributed by atoms with Gasteiger partial charge < -0.3 is 19.7 Å². The summed E-state index contributed by atoms with van der Waals surface area (Å²) < 4.78 is 10.0. The Bertz CT molecular complexity index is 118. The summed E-state index contributed by atoms with van der Waals surface area (Å²) in [6.07, 6.45) is -1.01. The third kappa shape index (κ3) is 4.57. The summed E-state index contributed by atoms with van der Waals surface area (Å²) in [5, 5.41) is 18.2. The minimum atomic E-state index is -0.733. The van der Waals surface area contributed by atoms with Gasteiger partial charge in [-0.15, -0.1) is 0 Å². The van der Waals surface area contributed by atoms with Crippen molar-refractivity contribution >= 4 is 0 Å². The van der Waals surface area contributed by atoms with Gasteiger partial charge in [0, 0.05) is 13.5 Å². The average molecular weight is 192 g/mol. The lowest BCUT2D eigenvalue weighted by Crippen LogP contribution is -2.42. The maximum Gasteiger partial charge on any atom is 0.103 e. The Labute approximate surface area is 79.5 Å². The van der Waals surface area contributed by atoms with Gasteiger partial charge in [-0.25, -0.2) is 0 Å². The van der Waals surface area contributed by atoms with Crippen LogP contribution in [0, 0.1) is 0 Å². The molecular formula is C9H20O4. The largest absolute Gasteiger partial charge is 0.390 e. The maximum absolute atomic E-state index is 9.19. The molecule has 80 valence electrons. The normalized spacial score (nSPS) is 33.5. The smallest absolute Gasteiger partial charge is 0.103 e. The monoisotopic (exact) mass is 192 g/mol. The van der Waals surface area contributed by atoms with Crippen LogP contribution in [0.25, 0.3) is 0 Å². The van der Waals surface area contributed by atoms with Crippen LogP contribution >= 0.6 is 0 Å². The van der Waals surface area contributed by atoms with Crippen LogP contribution in [0.3, 0.4) is 0 Å². The van der Waals surface area contributed by atoms with Gasteiger partial charge in [-0.05, 0) is 0 Å². The van der Waals surface area contributed by atoms with E-state index in [1.807, 2.05) is 13.8 Å². The fourth-order valence-corrected chi connectivity index (χ4v) is 1.14. The molecule has 0 amide bonds. The summed E-state index contributed by atoms with van der Waals surface area (Å²) in [6, 6.07) is 0. The van der Waals surface area contributed by atoms with Crippen molar-refractivity contribution in [3.8, 4) is 0 Å². The van der Waals surface area contributed by atoms with E-state index in [2.05, 4.69) is 0 Å². The molecule has 3 unspecified atom stereocenters. The van der Waals surface area contributed by atoms with Crippen molar-refractivity contribution in [2.75, 3.05) is 20.3 Å². The zero-order valence-corrected chi connectivity index (χ0v) is 8.56. The van der Waals surface area contributed by atoms with E-state index in [4.69, 9.17) is 14.6 Å². The third-order valence-corrected chi connectivity index (χ3v) is 1.80. The average Bonchev–Trinajstić information content (AvgIpc) is 2.15. The van der Waals surface area contributed by atoms with Gasteiger partial charge in [0.2, 0.25) is 0 Å². The van der Waals surface area contributed by atoms with E-state index in [1.165, 1.54) is 0 Å². The molecule has 0 bridgehead atoms. The molecule has 0 saturated carbocycles. The van der Waals surface area contributed by atoms with Gasteiger partial charge in [-0.3, -0.25) is 0 Å².